The lowest BCUT2D eigenvalue weighted by Crippen LogP contribution is -2.35. The molecule has 1 heterocycles. The van der Waals surface area contributed by atoms with E-state index in [4.69, 9.17) is 19.7 Å². The maximum absolute atomic E-state index is 11.6. The van der Waals surface area contributed by atoms with Crippen LogP contribution in [0.2, 0.25) is 0 Å². The molecule has 2 aliphatic rings. The first-order valence-electron chi connectivity index (χ1n) is 6.22. The van der Waals surface area contributed by atoms with Crippen LogP contribution >= 0.6 is 0 Å². The van der Waals surface area contributed by atoms with E-state index in [1.54, 1.807) is 6.08 Å². The summed E-state index contributed by atoms with van der Waals surface area (Å²) in [5, 5.41) is 3.75. The van der Waals surface area contributed by atoms with E-state index >= 15 is 0 Å². The second kappa shape index (κ2) is 6.06. The highest BCUT2D eigenvalue weighted by molar-refractivity contribution is 5.88. The number of carbonyl (C=O) groups excluding carboxylic acids is 1. The standard InChI is InChI=1S/C12H17N3O4/c1-7-10(14-15-13)3-8(12(16)17-2)4-11(7)19-6-9-5-18-9/h4,7,9-11H,3,5-6H2,1-2H3/t7-,9?,10?,11?/m0/s1. The number of hydrogen-bond acceptors (Lipinski definition) is 5. The minimum Gasteiger partial charge on any atom is -0.466 e. The molecule has 19 heavy (non-hydrogen) atoms. The first-order valence-corrected chi connectivity index (χ1v) is 6.22. The topological polar surface area (TPSA) is 96.8 Å². The Morgan fingerprint density at radius 2 is 2.42 bits per heavy atom. The van der Waals surface area contributed by atoms with Crippen LogP contribution in [-0.2, 0) is 19.0 Å². The molecule has 0 aromatic heterocycles. The van der Waals surface area contributed by atoms with Crippen molar-refractivity contribution in [3.63, 3.8) is 0 Å². The summed E-state index contributed by atoms with van der Waals surface area (Å²) in [4.78, 5) is 14.5. The highest BCUT2D eigenvalue weighted by atomic mass is 16.6. The van der Waals surface area contributed by atoms with Crippen molar-refractivity contribution in [2.75, 3.05) is 20.3 Å². The van der Waals surface area contributed by atoms with Gasteiger partial charge < -0.3 is 14.2 Å². The number of azide groups is 1. The lowest BCUT2D eigenvalue weighted by molar-refractivity contribution is -0.136. The molecule has 1 aliphatic heterocycles. The minimum atomic E-state index is -0.402. The molecule has 104 valence electrons. The summed E-state index contributed by atoms with van der Waals surface area (Å²) in [5.41, 5.74) is 9.09. The van der Waals surface area contributed by atoms with E-state index in [9.17, 15) is 4.79 Å². The molecule has 4 atom stereocenters. The molecule has 0 saturated carbocycles. The predicted molar refractivity (Wildman–Crippen MR) is 66.3 cm³/mol. The van der Waals surface area contributed by atoms with Gasteiger partial charge in [-0.3, -0.25) is 0 Å². The van der Waals surface area contributed by atoms with Crippen molar-refractivity contribution in [3.8, 4) is 0 Å². The zero-order valence-electron chi connectivity index (χ0n) is 11.0. The Morgan fingerprint density at radius 3 is 3.00 bits per heavy atom. The van der Waals surface area contributed by atoms with Gasteiger partial charge in [-0.25, -0.2) is 4.79 Å². The van der Waals surface area contributed by atoms with Gasteiger partial charge in [0.15, 0.2) is 0 Å². The summed E-state index contributed by atoms with van der Waals surface area (Å²) in [6, 6.07) is -0.297. The summed E-state index contributed by atoms with van der Waals surface area (Å²) in [7, 11) is 1.33. The lowest BCUT2D eigenvalue weighted by Gasteiger charge is -2.31. The Balaban J connectivity index is 2.10. The van der Waals surface area contributed by atoms with Gasteiger partial charge in [0.1, 0.15) is 6.10 Å². The lowest BCUT2D eigenvalue weighted by atomic mass is 9.84. The molecule has 0 aromatic rings. The van der Waals surface area contributed by atoms with Crippen LogP contribution in [-0.4, -0.2) is 44.5 Å². The van der Waals surface area contributed by atoms with Gasteiger partial charge in [0, 0.05) is 16.5 Å². The molecular weight excluding hydrogens is 250 g/mol. The zero-order chi connectivity index (χ0) is 13.8. The van der Waals surface area contributed by atoms with Gasteiger partial charge in [-0.15, -0.1) is 0 Å². The van der Waals surface area contributed by atoms with Gasteiger partial charge in [0.05, 0.1) is 26.4 Å². The third-order valence-corrected chi connectivity index (χ3v) is 3.44. The van der Waals surface area contributed by atoms with E-state index in [0.717, 1.165) is 0 Å². The average Bonchev–Trinajstić information content (AvgIpc) is 3.23. The van der Waals surface area contributed by atoms with Crippen LogP contribution in [0, 0.1) is 5.92 Å². The highest BCUT2D eigenvalue weighted by Gasteiger charge is 2.34. The van der Waals surface area contributed by atoms with Crippen LogP contribution in [0.25, 0.3) is 10.4 Å². The van der Waals surface area contributed by atoms with E-state index in [0.29, 0.717) is 25.2 Å². The van der Waals surface area contributed by atoms with E-state index in [-0.39, 0.29) is 24.2 Å². The number of rotatable bonds is 5. The van der Waals surface area contributed by atoms with Crippen molar-refractivity contribution < 1.29 is 19.0 Å². The second-order valence-corrected chi connectivity index (χ2v) is 4.77. The minimum absolute atomic E-state index is 0.0167. The monoisotopic (exact) mass is 267 g/mol. The van der Waals surface area contributed by atoms with Crippen molar-refractivity contribution in [2.24, 2.45) is 11.0 Å². The Kier molecular flexibility index (Phi) is 4.42. The maximum Gasteiger partial charge on any atom is 0.333 e. The molecular formula is C12H17N3O4. The van der Waals surface area contributed by atoms with E-state index in [2.05, 4.69) is 10.0 Å². The SMILES string of the molecule is COC(=O)C1=CC(OCC2CO2)[C@@H](C)C(N=[N+]=[N-])C1. The molecule has 0 amide bonds. The summed E-state index contributed by atoms with van der Waals surface area (Å²) in [6.45, 7) is 3.15. The van der Waals surface area contributed by atoms with Gasteiger partial charge >= 0.3 is 5.97 Å². The third kappa shape index (κ3) is 3.47. The fraction of sp³-hybridized carbons (Fsp3) is 0.750. The number of hydrogen-bond donors (Lipinski definition) is 0. The predicted octanol–water partition coefficient (Wildman–Crippen LogP) is 1.59. The van der Waals surface area contributed by atoms with Gasteiger partial charge in [0.25, 0.3) is 0 Å². The van der Waals surface area contributed by atoms with Gasteiger partial charge in [-0.2, -0.15) is 0 Å². The molecule has 2 rings (SSSR count). The Bertz CT molecular complexity index is 427. The van der Waals surface area contributed by atoms with E-state index < -0.39 is 5.97 Å². The average molecular weight is 267 g/mol. The summed E-state index contributed by atoms with van der Waals surface area (Å²) >= 11 is 0. The first kappa shape index (κ1) is 13.9. The van der Waals surface area contributed by atoms with Crippen LogP contribution < -0.4 is 0 Å². The summed E-state index contributed by atoms with van der Waals surface area (Å²) < 4.78 is 15.5. The maximum atomic E-state index is 11.6. The Labute approximate surface area is 111 Å². The van der Waals surface area contributed by atoms with Crippen molar-refractivity contribution in [2.45, 2.75) is 31.6 Å². The van der Waals surface area contributed by atoms with E-state index in [1.807, 2.05) is 6.92 Å². The molecule has 1 fully saturated rings. The largest absolute Gasteiger partial charge is 0.466 e. The molecule has 0 bridgehead atoms. The zero-order valence-corrected chi connectivity index (χ0v) is 11.0. The molecule has 0 N–H and O–H groups in total. The van der Waals surface area contributed by atoms with Crippen LogP contribution in [0.1, 0.15) is 13.3 Å². The molecule has 3 unspecified atom stereocenters. The Morgan fingerprint density at radius 1 is 1.68 bits per heavy atom. The molecule has 0 aromatic carbocycles. The normalized spacial score (nSPS) is 33.1. The molecule has 0 radical (unpaired) electrons. The highest BCUT2D eigenvalue weighted by Crippen LogP contribution is 2.30. The Hall–Kier alpha value is -1.56. The van der Waals surface area contributed by atoms with Crippen molar-refractivity contribution >= 4 is 5.97 Å². The summed E-state index contributed by atoms with van der Waals surface area (Å²) in [6.07, 6.45) is 2.05. The van der Waals surface area contributed by atoms with Crippen LogP contribution in [0.3, 0.4) is 0 Å². The van der Waals surface area contributed by atoms with Crippen molar-refractivity contribution in [1.82, 2.24) is 0 Å². The van der Waals surface area contributed by atoms with Crippen LogP contribution in [0.5, 0.6) is 0 Å². The van der Waals surface area contributed by atoms with Crippen LogP contribution in [0.4, 0.5) is 0 Å². The fourth-order valence-electron chi connectivity index (χ4n) is 2.13. The fourth-order valence-corrected chi connectivity index (χ4v) is 2.13. The molecule has 1 saturated heterocycles. The molecule has 1 aliphatic carbocycles. The van der Waals surface area contributed by atoms with Gasteiger partial charge in [-0.1, -0.05) is 12.0 Å². The summed E-state index contributed by atoms with van der Waals surface area (Å²) in [5.74, 6) is -0.385. The number of epoxide rings is 1. The molecule has 0 spiro atoms. The third-order valence-electron chi connectivity index (χ3n) is 3.44. The van der Waals surface area contributed by atoms with E-state index in [1.165, 1.54) is 7.11 Å². The van der Waals surface area contributed by atoms with Gasteiger partial charge in [0.2, 0.25) is 0 Å². The number of carbonyl (C=O) groups is 1. The first-order chi connectivity index (χ1) is 9.15. The molecule has 7 heteroatoms. The second-order valence-electron chi connectivity index (χ2n) is 4.77. The van der Waals surface area contributed by atoms with Gasteiger partial charge in [-0.05, 0) is 23.9 Å². The smallest absolute Gasteiger partial charge is 0.333 e. The quantitative estimate of drug-likeness (QED) is 0.248. The van der Waals surface area contributed by atoms with Crippen molar-refractivity contribution in [1.29, 1.82) is 0 Å². The van der Waals surface area contributed by atoms with Crippen molar-refractivity contribution in [3.05, 3.63) is 22.1 Å². The van der Waals surface area contributed by atoms with Crippen LogP contribution in [0.15, 0.2) is 16.8 Å². The number of ether oxygens (including phenoxy) is 3. The number of methoxy groups -OCH3 is 1. The number of esters is 1. The number of nitrogens with zero attached hydrogens (tertiary/aromatic N) is 3. The molecule has 7 nitrogen and oxygen atoms in total.